The van der Waals surface area contributed by atoms with Gasteiger partial charge in [-0.15, -0.1) is 24.0 Å². The molecule has 27 heavy (non-hydrogen) atoms. The molecule has 2 aromatic rings. The summed E-state index contributed by atoms with van der Waals surface area (Å²) in [6.45, 7) is 3.99. The Kier molecular flexibility index (Phi) is 7.70. The number of nitrogens with zero attached hydrogens (tertiary/aromatic N) is 1. The number of benzene rings is 1. The molecule has 0 radical (unpaired) electrons. The first-order valence-corrected chi connectivity index (χ1v) is 9.09. The molecule has 0 atom stereocenters. The number of hydrogen-bond donors (Lipinski definition) is 3. The topological polar surface area (TPSA) is 92.6 Å². The molecule has 0 saturated heterocycles. The number of amides is 1. The third-order valence-electron chi connectivity index (χ3n) is 4.93. The van der Waals surface area contributed by atoms with Gasteiger partial charge in [0.05, 0.1) is 0 Å². The summed E-state index contributed by atoms with van der Waals surface area (Å²) in [4.78, 5) is 15.7. The Hall–Kier alpha value is -2.03. The molecule has 1 aromatic carbocycles. The highest BCUT2D eigenvalue weighted by Crippen LogP contribution is 2.43. The van der Waals surface area contributed by atoms with Crippen molar-refractivity contribution in [2.24, 2.45) is 10.7 Å². The Bertz CT molecular complexity index is 769. The summed E-state index contributed by atoms with van der Waals surface area (Å²) in [5.74, 6) is 0.940. The predicted octanol–water partition coefficient (Wildman–Crippen LogP) is 3.17. The third kappa shape index (κ3) is 5.24. The van der Waals surface area contributed by atoms with Crippen LogP contribution in [0.2, 0.25) is 0 Å². The zero-order chi connectivity index (χ0) is 18.4. The van der Waals surface area contributed by atoms with E-state index in [9.17, 15) is 4.79 Å². The molecule has 1 aliphatic rings. The van der Waals surface area contributed by atoms with Gasteiger partial charge in [-0.05, 0) is 37.5 Å². The second kappa shape index (κ2) is 9.77. The minimum atomic E-state index is -0.569. The number of hydrogen-bond acceptors (Lipinski definition) is 3. The Labute approximate surface area is 177 Å². The molecular weight excluding hydrogens is 455 g/mol. The molecule has 0 spiro atoms. The molecule has 0 unspecified atom stereocenters. The third-order valence-corrected chi connectivity index (χ3v) is 4.93. The number of carbonyl (C=O) groups is 1. The Morgan fingerprint density at radius 3 is 2.48 bits per heavy atom. The zero-order valence-corrected chi connectivity index (χ0v) is 17.9. The van der Waals surface area contributed by atoms with Crippen molar-refractivity contribution in [2.45, 2.75) is 38.1 Å². The van der Waals surface area contributed by atoms with E-state index >= 15 is 0 Å². The highest BCUT2D eigenvalue weighted by Gasteiger charge is 2.38. The molecule has 1 heterocycles. The molecule has 1 amide bonds. The van der Waals surface area contributed by atoms with Gasteiger partial charge >= 0.3 is 0 Å². The van der Waals surface area contributed by atoms with Crippen LogP contribution in [0.1, 0.15) is 48.1 Å². The fourth-order valence-corrected chi connectivity index (χ4v) is 3.31. The Balaban J connectivity index is 0.00000261. The van der Waals surface area contributed by atoms with Crippen molar-refractivity contribution in [2.75, 3.05) is 13.1 Å². The van der Waals surface area contributed by atoms with Crippen LogP contribution in [0.4, 0.5) is 0 Å². The first-order valence-electron chi connectivity index (χ1n) is 9.09. The lowest BCUT2D eigenvalue weighted by atomic mass is 9.64. The maximum Gasteiger partial charge on any atom is 0.284 e. The van der Waals surface area contributed by atoms with Crippen molar-refractivity contribution < 1.29 is 9.21 Å². The van der Waals surface area contributed by atoms with E-state index in [1.54, 1.807) is 12.1 Å². The number of primary amides is 1. The van der Waals surface area contributed by atoms with Gasteiger partial charge < -0.3 is 20.8 Å². The standard InChI is InChI=1S/C20H26N4O2.HI/c1-2-22-19(23-13-16-9-10-17(26-16)18(21)25)24-14-20(11-6-12-20)15-7-4-3-5-8-15;/h3-5,7-10H,2,6,11-14H2,1H3,(H2,21,25)(H2,22,23,24);1H. The summed E-state index contributed by atoms with van der Waals surface area (Å²) in [5, 5.41) is 6.73. The Morgan fingerprint density at radius 1 is 1.19 bits per heavy atom. The van der Waals surface area contributed by atoms with E-state index in [0.717, 1.165) is 19.0 Å². The summed E-state index contributed by atoms with van der Waals surface area (Å²) in [5.41, 5.74) is 6.77. The number of furan rings is 1. The van der Waals surface area contributed by atoms with E-state index in [4.69, 9.17) is 10.2 Å². The van der Waals surface area contributed by atoms with Crippen molar-refractivity contribution in [3.8, 4) is 0 Å². The van der Waals surface area contributed by atoms with Crippen LogP contribution < -0.4 is 16.4 Å². The first-order chi connectivity index (χ1) is 12.6. The number of aliphatic imine (C=N–C) groups is 1. The van der Waals surface area contributed by atoms with Gasteiger partial charge in [0.1, 0.15) is 12.3 Å². The number of carbonyl (C=O) groups excluding carboxylic acids is 1. The average Bonchev–Trinajstić information content (AvgIpc) is 3.09. The van der Waals surface area contributed by atoms with Gasteiger partial charge in [0.2, 0.25) is 0 Å². The van der Waals surface area contributed by atoms with Gasteiger partial charge in [-0.1, -0.05) is 36.8 Å². The maximum atomic E-state index is 11.1. The normalized spacial score (nSPS) is 15.4. The van der Waals surface area contributed by atoms with Crippen LogP contribution in [-0.2, 0) is 12.0 Å². The molecule has 3 rings (SSSR count). The molecule has 1 fully saturated rings. The highest BCUT2D eigenvalue weighted by molar-refractivity contribution is 14.0. The number of guanidine groups is 1. The fraction of sp³-hybridized carbons (Fsp3) is 0.400. The lowest BCUT2D eigenvalue weighted by Gasteiger charge is -2.43. The fourth-order valence-electron chi connectivity index (χ4n) is 3.31. The molecule has 1 saturated carbocycles. The van der Waals surface area contributed by atoms with Crippen LogP contribution in [0.5, 0.6) is 0 Å². The SMILES string of the molecule is CCNC(=NCc1ccc(C(N)=O)o1)NCC1(c2ccccc2)CCC1.I. The molecule has 6 nitrogen and oxygen atoms in total. The van der Waals surface area contributed by atoms with E-state index in [-0.39, 0.29) is 35.2 Å². The molecule has 7 heteroatoms. The molecule has 1 aliphatic carbocycles. The summed E-state index contributed by atoms with van der Waals surface area (Å²) in [6, 6.07) is 14.0. The summed E-state index contributed by atoms with van der Waals surface area (Å²) in [6.07, 6.45) is 3.62. The lowest BCUT2D eigenvalue weighted by molar-refractivity contribution is 0.0972. The summed E-state index contributed by atoms with van der Waals surface area (Å²) >= 11 is 0. The van der Waals surface area contributed by atoms with Crippen LogP contribution in [0.25, 0.3) is 0 Å². The van der Waals surface area contributed by atoms with E-state index in [0.29, 0.717) is 12.3 Å². The van der Waals surface area contributed by atoms with E-state index < -0.39 is 5.91 Å². The van der Waals surface area contributed by atoms with Gasteiger partial charge in [-0.25, -0.2) is 4.99 Å². The number of halogens is 1. The van der Waals surface area contributed by atoms with Gasteiger partial charge in [0.15, 0.2) is 11.7 Å². The van der Waals surface area contributed by atoms with Crippen molar-refractivity contribution in [1.82, 2.24) is 10.6 Å². The van der Waals surface area contributed by atoms with Crippen molar-refractivity contribution >= 4 is 35.8 Å². The zero-order valence-electron chi connectivity index (χ0n) is 15.5. The van der Waals surface area contributed by atoms with Gasteiger partial charge in [-0.3, -0.25) is 4.79 Å². The van der Waals surface area contributed by atoms with Crippen molar-refractivity contribution in [1.29, 1.82) is 0 Å². The van der Waals surface area contributed by atoms with Crippen LogP contribution in [0.3, 0.4) is 0 Å². The van der Waals surface area contributed by atoms with Crippen LogP contribution in [0.15, 0.2) is 51.9 Å². The second-order valence-corrected chi connectivity index (χ2v) is 6.68. The van der Waals surface area contributed by atoms with Crippen LogP contribution >= 0.6 is 24.0 Å². The number of nitrogens with two attached hydrogens (primary N) is 1. The maximum absolute atomic E-state index is 11.1. The average molecular weight is 482 g/mol. The molecule has 1 aromatic heterocycles. The largest absolute Gasteiger partial charge is 0.454 e. The minimum absolute atomic E-state index is 0. The number of rotatable bonds is 7. The highest BCUT2D eigenvalue weighted by atomic mass is 127. The first kappa shape index (κ1) is 21.3. The minimum Gasteiger partial charge on any atom is -0.454 e. The van der Waals surface area contributed by atoms with Crippen LogP contribution in [0, 0.1) is 0 Å². The van der Waals surface area contributed by atoms with Gasteiger partial charge in [-0.2, -0.15) is 0 Å². The predicted molar refractivity (Wildman–Crippen MR) is 117 cm³/mol. The van der Waals surface area contributed by atoms with Crippen molar-refractivity contribution in [3.63, 3.8) is 0 Å². The molecule has 0 aliphatic heterocycles. The molecule has 146 valence electrons. The smallest absolute Gasteiger partial charge is 0.284 e. The van der Waals surface area contributed by atoms with E-state index in [1.807, 2.05) is 6.92 Å². The van der Waals surface area contributed by atoms with Crippen LogP contribution in [-0.4, -0.2) is 25.0 Å². The molecule has 0 bridgehead atoms. The second-order valence-electron chi connectivity index (χ2n) is 6.68. The van der Waals surface area contributed by atoms with E-state index in [2.05, 4.69) is 46.0 Å². The van der Waals surface area contributed by atoms with Gasteiger partial charge in [0.25, 0.3) is 5.91 Å². The lowest BCUT2D eigenvalue weighted by Crippen LogP contribution is -2.48. The van der Waals surface area contributed by atoms with Gasteiger partial charge in [0, 0.05) is 18.5 Å². The summed E-state index contributed by atoms with van der Waals surface area (Å²) in [7, 11) is 0. The monoisotopic (exact) mass is 482 g/mol. The molecular formula is C20H27IN4O2. The number of nitrogens with one attached hydrogen (secondary N) is 2. The van der Waals surface area contributed by atoms with Crippen molar-refractivity contribution in [3.05, 3.63) is 59.5 Å². The Morgan fingerprint density at radius 2 is 1.93 bits per heavy atom. The summed E-state index contributed by atoms with van der Waals surface area (Å²) < 4.78 is 5.38. The van der Waals surface area contributed by atoms with E-state index in [1.165, 1.54) is 24.8 Å². The quantitative estimate of drug-likeness (QED) is 0.321. The molecule has 4 N–H and O–H groups in total.